The van der Waals surface area contributed by atoms with Gasteiger partial charge in [0.05, 0.1) is 19.0 Å². The number of nitrogens with zero attached hydrogens (tertiary/aromatic N) is 2. The molecule has 0 atom stereocenters. The van der Waals surface area contributed by atoms with E-state index in [4.69, 9.17) is 9.47 Å². The molecule has 0 unspecified atom stereocenters. The van der Waals surface area contributed by atoms with Gasteiger partial charge in [0.15, 0.2) is 11.5 Å². The Bertz CT molecular complexity index is 1160. The minimum atomic E-state index is -0.128. The first-order valence-electron chi connectivity index (χ1n) is 9.55. The number of nitrogens with one attached hydrogen (secondary N) is 1. The number of anilines is 1. The Morgan fingerprint density at radius 3 is 2.70 bits per heavy atom. The highest BCUT2D eigenvalue weighted by molar-refractivity contribution is 5.95. The minimum absolute atomic E-state index is 0.128. The smallest absolute Gasteiger partial charge is 0.228 e. The van der Waals surface area contributed by atoms with E-state index in [0.29, 0.717) is 23.8 Å². The summed E-state index contributed by atoms with van der Waals surface area (Å²) >= 11 is 0. The van der Waals surface area contributed by atoms with Crippen molar-refractivity contribution in [3.63, 3.8) is 0 Å². The maximum atomic E-state index is 12.7. The number of pyridine rings is 2. The van der Waals surface area contributed by atoms with Crippen LogP contribution < -0.4 is 14.8 Å². The summed E-state index contributed by atoms with van der Waals surface area (Å²) in [5, 5.41) is 3.94. The van der Waals surface area contributed by atoms with Crippen LogP contribution in [0, 0.1) is 0 Å². The van der Waals surface area contributed by atoms with Gasteiger partial charge in [-0.2, -0.15) is 0 Å². The Balaban J connectivity index is 1.47. The number of amides is 1. The number of carbonyl (C=O) groups excluding carboxylic acids is 1. The Morgan fingerprint density at radius 1 is 1.00 bits per heavy atom. The molecule has 4 rings (SSSR count). The molecule has 0 saturated carbocycles. The molecule has 0 fully saturated rings. The Morgan fingerprint density at radius 2 is 1.87 bits per heavy atom. The van der Waals surface area contributed by atoms with Crippen LogP contribution >= 0.6 is 0 Å². The monoisotopic (exact) mass is 399 g/mol. The van der Waals surface area contributed by atoms with Crippen LogP contribution in [-0.4, -0.2) is 23.0 Å². The Kier molecular flexibility index (Phi) is 5.85. The number of fused-ring (bicyclic) bond motifs is 1. The van der Waals surface area contributed by atoms with E-state index in [1.165, 1.54) is 0 Å². The second-order valence-electron chi connectivity index (χ2n) is 6.73. The molecule has 0 radical (unpaired) electrons. The van der Waals surface area contributed by atoms with Gasteiger partial charge in [0.1, 0.15) is 6.61 Å². The molecule has 0 aliphatic heterocycles. The molecule has 0 aliphatic carbocycles. The number of hydrogen-bond donors (Lipinski definition) is 1. The molecule has 6 heteroatoms. The van der Waals surface area contributed by atoms with Crippen molar-refractivity contribution >= 4 is 22.5 Å². The van der Waals surface area contributed by atoms with Crippen molar-refractivity contribution in [2.45, 2.75) is 13.0 Å². The lowest BCUT2D eigenvalue weighted by molar-refractivity contribution is -0.115. The molecule has 0 spiro atoms. The van der Waals surface area contributed by atoms with Gasteiger partial charge in [-0.3, -0.25) is 14.8 Å². The van der Waals surface area contributed by atoms with Crippen molar-refractivity contribution in [2.75, 3.05) is 12.4 Å². The first kappa shape index (κ1) is 19.4. The number of methoxy groups -OCH3 is 1. The average Bonchev–Trinajstić information content (AvgIpc) is 2.79. The second-order valence-corrected chi connectivity index (χ2v) is 6.73. The molecule has 30 heavy (non-hydrogen) atoms. The highest BCUT2D eigenvalue weighted by Gasteiger charge is 2.11. The number of rotatable bonds is 7. The van der Waals surface area contributed by atoms with E-state index < -0.39 is 0 Å². The Labute approximate surface area is 174 Å². The van der Waals surface area contributed by atoms with E-state index >= 15 is 0 Å². The van der Waals surface area contributed by atoms with Gasteiger partial charge >= 0.3 is 0 Å². The van der Waals surface area contributed by atoms with Gasteiger partial charge in [-0.25, -0.2) is 0 Å². The van der Waals surface area contributed by atoms with E-state index in [2.05, 4.69) is 15.3 Å². The van der Waals surface area contributed by atoms with Crippen LogP contribution in [0.25, 0.3) is 10.9 Å². The number of benzene rings is 2. The zero-order valence-corrected chi connectivity index (χ0v) is 16.5. The van der Waals surface area contributed by atoms with Crippen molar-refractivity contribution in [3.8, 4) is 11.5 Å². The molecule has 0 aliphatic rings. The molecular formula is C24H21N3O3. The second kappa shape index (κ2) is 9.05. The summed E-state index contributed by atoms with van der Waals surface area (Å²) < 4.78 is 11.3. The molecular weight excluding hydrogens is 378 g/mol. The molecule has 1 N–H and O–H groups in total. The normalized spacial score (nSPS) is 10.6. The van der Waals surface area contributed by atoms with Crippen molar-refractivity contribution in [3.05, 3.63) is 90.4 Å². The van der Waals surface area contributed by atoms with Crippen LogP contribution in [0.2, 0.25) is 0 Å². The highest BCUT2D eigenvalue weighted by atomic mass is 16.5. The fourth-order valence-corrected chi connectivity index (χ4v) is 3.20. The molecule has 2 heterocycles. The first-order valence-corrected chi connectivity index (χ1v) is 9.55. The minimum Gasteiger partial charge on any atom is -0.493 e. The highest BCUT2D eigenvalue weighted by Crippen LogP contribution is 2.31. The summed E-state index contributed by atoms with van der Waals surface area (Å²) in [5.41, 5.74) is 3.30. The van der Waals surface area contributed by atoms with E-state index in [9.17, 15) is 4.79 Å². The van der Waals surface area contributed by atoms with Crippen molar-refractivity contribution < 1.29 is 14.3 Å². The standard InChI is InChI=1S/C24H21N3O3/c1-29-21-10-9-20(14-22(21)30-16-17-5-3-11-25-15-17)27-23(28)13-19-7-2-6-18-8-4-12-26-24(18)19/h2-12,14-15H,13,16H2,1H3,(H,27,28). The van der Waals surface area contributed by atoms with E-state index in [-0.39, 0.29) is 12.3 Å². The summed E-state index contributed by atoms with van der Waals surface area (Å²) in [6.45, 7) is 0.350. The zero-order valence-electron chi connectivity index (χ0n) is 16.5. The van der Waals surface area contributed by atoms with Gasteiger partial charge in [-0.05, 0) is 29.8 Å². The third-order valence-corrected chi connectivity index (χ3v) is 4.63. The fraction of sp³-hybridized carbons (Fsp3) is 0.125. The third kappa shape index (κ3) is 4.55. The van der Waals surface area contributed by atoms with Crippen molar-refractivity contribution in [1.82, 2.24) is 9.97 Å². The summed E-state index contributed by atoms with van der Waals surface area (Å²) in [6.07, 6.45) is 5.42. The van der Waals surface area contributed by atoms with E-state index in [1.54, 1.807) is 43.9 Å². The van der Waals surface area contributed by atoms with Crippen molar-refractivity contribution in [2.24, 2.45) is 0 Å². The van der Waals surface area contributed by atoms with Crippen LogP contribution in [0.3, 0.4) is 0 Å². The van der Waals surface area contributed by atoms with Gasteiger partial charge < -0.3 is 14.8 Å². The quantitative estimate of drug-likeness (QED) is 0.499. The number of aromatic nitrogens is 2. The summed E-state index contributed by atoms with van der Waals surface area (Å²) in [4.78, 5) is 21.1. The zero-order chi connectivity index (χ0) is 20.8. The predicted molar refractivity (Wildman–Crippen MR) is 116 cm³/mol. The molecule has 2 aromatic heterocycles. The molecule has 4 aromatic rings. The SMILES string of the molecule is COc1ccc(NC(=O)Cc2cccc3cccnc23)cc1OCc1cccnc1. The maximum absolute atomic E-state index is 12.7. The number of carbonyl (C=O) groups is 1. The summed E-state index contributed by atoms with van der Waals surface area (Å²) in [6, 6.07) is 18.8. The largest absolute Gasteiger partial charge is 0.493 e. The number of ether oxygens (including phenoxy) is 2. The van der Waals surface area contributed by atoms with Gasteiger partial charge in [0.25, 0.3) is 0 Å². The van der Waals surface area contributed by atoms with Gasteiger partial charge in [-0.15, -0.1) is 0 Å². The molecule has 2 aromatic carbocycles. The summed E-state index contributed by atoms with van der Waals surface area (Å²) in [7, 11) is 1.58. The number of hydrogen-bond acceptors (Lipinski definition) is 5. The molecule has 0 saturated heterocycles. The van der Waals surface area contributed by atoms with Crippen molar-refractivity contribution in [1.29, 1.82) is 0 Å². The van der Waals surface area contributed by atoms with Crippen LogP contribution in [0.1, 0.15) is 11.1 Å². The lowest BCUT2D eigenvalue weighted by Gasteiger charge is -2.13. The maximum Gasteiger partial charge on any atom is 0.228 e. The van der Waals surface area contributed by atoms with E-state index in [1.807, 2.05) is 42.5 Å². The average molecular weight is 399 g/mol. The lowest BCUT2D eigenvalue weighted by Crippen LogP contribution is -2.15. The van der Waals surface area contributed by atoms with Crippen LogP contribution in [0.4, 0.5) is 5.69 Å². The first-order chi connectivity index (χ1) is 14.7. The third-order valence-electron chi connectivity index (χ3n) is 4.63. The topological polar surface area (TPSA) is 73.3 Å². The van der Waals surface area contributed by atoms with Crippen LogP contribution in [0.15, 0.2) is 79.3 Å². The lowest BCUT2D eigenvalue weighted by atomic mass is 10.1. The van der Waals surface area contributed by atoms with Crippen LogP contribution in [-0.2, 0) is 17.8 Å². The molecule has 0 bridgehead atoms. The molecule has 1 amide bonds. The molecule has 6 nitrogen and oxygen atoms in total. The van der Waals surface area contributed by atoms with Gasteiger partial charge in [0.2, 0.25) is 5.91 Å². The number of para-hydroxylation sites is 1. The van der Waals surface area contributed by atoms with Gasteiger partial charge in [0, 0.05) is 41.3 Å². The Hall–Kier alpha value is -3.93. The van der Waals surface area contributed by atoms with E-state index in [0.717, 1.165) is 22.0 Å². The summed E-state index contributed by atoms with van der Waals surface area (Å²) in [5.74, 6) is 1.01. The predicted octanol–water partition coefficient (Wildman–Crippen LogP) is 4.40. The van der Waals surface area contributed by atoms with Crippen LogP contribution in [0.5, 0.6) is 11.5 Å². The molecule has 150 valence electrons. The fourth-order valence-electron chi connectivity index (χ4n) is 3.20. The van der Waals surface area contributed by atoms with Gasteiger partial charge in [-0.1, -0.05) is 30.3 Å².